The Labute approximate surface area is 164 Å². The minimum Gasteiger partial charge on any atom is -0.363 e. The second kappa shape index (κ2) is 8.50. The van der Waals surface area contributed by atoms with E-state index in [4.69, 9.17) is 22.9 Å². The van der Waals surface area contributed by atoms with Gasteiger partial charge in [-0.2, -0.15) is 33.7 Å². The Morgan fingerprint density at radius 3 is 1.55 bits per heavy atom. The van der Waals surface area contributed by atoms with Crippen LogP contribution in [0.1, 0.15) is 6.92 Å². The smallest absolute Gasteiger partial charge is 0.363 e. The van der Waals surface area contributed by atoms with Crippen molar-refractivity contribution in [2.75, 3.05) is 6.61 Å². The summed E-state index contributed by atoms with van der Waals surface area (Å²) in [5, 5.41) is 10.2. The number of hydrogen-bond acceptors (Lipinski definition) is 14. The van der Waals surface area contributed by atoms with Gasteiger partial charge in [-0.3, -0.25) is 18.2 Å². The van der Waals surface area contributed by atoms with E-state index >= 15 is 0 Å². The predicted octanol–water partition coefficient (Wildman–Crippen LogP) is -3.52. The summed E-state index contributed by atoms with van der Waals surface area (Å²) in [6.07, 6.45) is -10.3. The van der Waals surface area contributed by atoms with Gasteiger partial charge in [-0.1, -0.05) is 0 Å². The van der Waals surface area contributed by atoms with Gasteiger partial charge in [0.1, 0.15) is 18.3 Å². The molecule has 0 unspecified atom stereocenters. The summed E-state index contributed by atoms with van der Waals surface area (Å²) < 4.78 is 143. The van der Waals surface area contributed by atoms with E-state index in [1.54, 1.807) is 0 Å². The van der Waals surface area contributed by atoms with Crippen molar-refractivity contribution < 1.29 is 78.5 Å². The second-order valence-electron chi connectivity index (χ2n) is 5.34. The van der Waals surface area contributed by atoms with Gasteiger partial charge in [0.25, 0.3) is 0 Å². The number of hydrogen-bond donors (Lipinski definition) is 5. The summed E-state index contributed by atoms with van der Waals surface area (Å²) in [4.78, 5) is 0. The van der Waals surface area contributed by atoms with Gasteiger partial charge in [-0.25, -0.2) is 16.7 Å². The van der Waals surface area contributed by atoms with Gasteiger partial charge in [0.2, 0.25) is 0 Å². The molecule has 0 aromatic carbocycles. The monoisotopic (exact) mass is 514 g/mol. The molecule has 0 spiro atoms. The van der Waals surface area contributed by atoms with E-state index in [-0.39, 0.29) is 0 Å². The Bertz CT molecular complexity index is 1000. The lowest BCUT2D eigenvalue weighted by molar-refractivity contribution is -0.327. The summed E-state index contributed by atoms with van der Waals surface area (Å²) in [5.41, 5.74) is 0. The Morgan fingerprint density at radius 1 is 0.759 bits per heavy atom. The first-order chi connectivity index (χ1) is 12.6. The van der Waals surface area contributed by atoms with E-state index in [0.29, 0.717) is 6.92 Å². The highest BCUT2D eigenvalue weighted by atomic mass is 32.3. The highest BCUT2D eigenvalue weighted by molar-refractivity contribution is 7.81. The van der Waals surface area contributed by atoms with Crippen LogP contribution in [0.25, 0.3) is 0 Å². The van der Waals surface area contributed by atoms with Crippen LogP contribution in [0, 0.1) is 0 Å². The standard InChI is InChI=1S/C7H14O18S4/c1-7(8)6(25-29(18,19)20)5(24-28(15,16)17)4(23-27(12,13)14)3(22-7)2-21-26(9,10)11/h3-6,8H,2H2,1H3,(H,9,10,11)(H,12,13,14)(H,15,16,17)(H,18,19,20)/t3-,4-,5+,6+,7+/m1/s1. The first kappa shape index (κ1) is 26.4. The maximum atomic E-state index is 11.1. The number of aliphatic hydroxyl groups is 1. The predicted molar refractivity (Wildman–Crippen MR) is 82.3 cm³/mol. The number of ether oxygens (including phenoxy) is 1. The Morgan fingerprint density at radius 2 is 1.17 bits per heavy atom. The third kappa shape index (κ3) is 9.39. The fourth-order valence-corrected chi connectivity index (χ4v) is 4.05. The molecular formula is C7H14O18S4. The van der Waals surface area contributed by atoms with Crippen LogP contribution in [0.5, 0.6) is 0 Å². The molecular weight excluding hydrogens is 500 g/mol. The maximum Gasteiger partial charge on any atom is 0.397 e. The van der Waals surface area contributed by atoms with Crippen molar-refractivity contribution in [2.24, 2.45) is 0 Å². The molecule has 5 atom stereocenters. The Hall–Kier alpha value is -0.600. The van der Waals surface area contributed by atoms with Crippen LogP contribution in [-0.4, -0.2) is 93.8 Å². The molecule has 1 aliphatic heterocycles. The summed E-state index contributed by atoms with van der Waals surface area (Å²) in [5.74, 6) is -3.03. The third-order valence-electron chi connectivity index (χ3n) is 2.98. The minimum absolute atomic E-state index is 0.549. The zero-order chi connectivity index (χ0) is 23.1. The fourth-order valence-electron chi connectivity index (χ4n) is 2.19. The molecule has 0 bridgehead atoms. The molecule has 174 valence electrons. The van der Waals surface area contributed by atoms with Gasteiger partial charge in [0, 0.05) is 0 Å². The average molecular weight is 514 g/mol. The molecule has 0 aromatic rings. The third-order valence-corrected chi connectivity index (χ3v) is 4.79. The first-order valence-corrected chi connectivity index (χ1v) is 12.0. The minimum atomic E-state index is -5.61. The normalized spacial score (nSPS) is 32.2. The van der Waals surface area contributed by atoms with E-state index in [1.165, 1.54) is 0 Å². The quantitative estimate of drug-likeness (QED) is 0.186. The average Bonchev–Trinajstić information content (AvgIpc) is 2.39. The fraction of sp³-hybridized carbons (Fsp3) is 1.00. The zero-order valence-electron chi connectivity index (χ0n) is 13.7. The molecule has 22 heteroatoms. The lowest BCUT2D eigenvalue weighted by atomic mass is 9.94. The van der Waals surface area contributed by atoms with Crippen molar-refractivity contribution in [1.29, 1.82) is 0 Å². The van der Waals surface area contributed by atoms with Crippen molar-refractivity contribution in [3.05, 3.63) is 0 Å². The lowest BCUT2D eigenvalue weighted by Crippen LogP contribution is -2.67. The molecule has 18 nitrogen and oxygen atoms in total. The molecule has 0 saturated carbocycles. The summed E-state index contributed by atoms with van der Waals surface area (Å²) >= 11 is 0. The van der Waals surface area contributed by atoms with Crippen molar-refractivity contribution in [3.63, 3.8) is 0 Å². The highest BCUT2D eigenvalue weighted by Crippen LogP contribution is 2.35. The van der Waals surface area contributed by atoms with Gasteiger partial charge >= 0.3 is 41.6 Å². The Balaban J connectivity index is 3.54. The van der Waals surface area contributed by atoms with Crippen molar-refractivity contribution in [3.8, 4) is 0 Å². The molecule has 0 aromatic heterocycles. The SMILES string of the molecule is C[C@]1(O)O[C@H](COS(=O)(=O)O)[C@@H](OS(=O)(=O)O)[C@H](OS(=O)(=O)O)[C@@H]1OS(=O)(=O)O. The number of rotatable bonds is 9. The molecule has 1 aliphatic rings. The maximum absolute atomic E-state index is 11.1. The molecule has 1 rings (SSSR count). The molecule has 5 N–H and O–H groups in total. The van der Waals surface area contributed by atoms with Crippen LogP contribution in [0.15, 0.2) is 0 Å². The van der Waals surface area contributed by atoms with Gasteiger partial charge in [-0.15, -0.1) is 0 Å². The van der Waals surface area contributed by atoms with Crippen molar-refractivity contribution >= 4 is 41.6 Å². The van der Waals surface area contributed by atoms with Gasteiger partial charge < -0.3 is 9.84 Å². The first-order valence-electron chi connectivity index (χ1n) is 6.59. The molecule has 0 amide bonds. The zero-order valence-corrected chi connectivity index (χ0v) is 17.0. The molecule has 29 heavy (non-hydrogen) atoms. The molecule has 0 radical (unpaired) electrons. The second-order valence-corrected chi connectivity index (χ2v) is 9.58. The topological polar surface area (TPSA) is 284 Å². The molecule has 0 aliphatic carbocycles. The van der Waals surface area contributed by atoms with Crippen molar-refractivity contribution in [2.45, 2.75) is 37.1 Å². The lowest BCUT2D eigenvalue weighted by Gasteiger charge is -2.46. The van der Waals surface area contributed by atoms with Crippen LogP contribution in [0.2, 0.25) is 0 Å². The molecule has 1 fully saturated rings. The van der Waals surface area contributed by atoms with Gasteiger partial charge in [-0.05, 0) is 6.92 Å². The Kier molecular flexibility index (Phi) is 7.75. The van der Waals surface area contributed by atoms with Gasteiger partial charge in [0.15, 0.2) is 11.9 Å². The van der Waals surface area contributed by atoms with Crippen molar-refractivity contribution in [1.82, 2.24) is 0 Å². The highest BCUT2D eigenvalue weighted by Gasteiger charge is 2.58. The van der Waals surface area contributed by atoms with Crippen LogP contribution in [-0.2, 0) is 63.1 Å². The van der Waals surface area contributed by atoms with Crippen LogP contribution in [0.3, 0.4) is 0 Å². The van der Waals surface area contributed by atoms with E-state index in [9.17, 15) is 38.8 Å². The van der Waals surface area contributed by atoms with Gasteiger partial charge in [0.05, 0.1) is 6.61 Å². The largest absolute Gasteiger partial charge is 0.397 e. The van der Waals surface area contributed by atoms with Crippen LogP contribution >= 0.6 is 0 Å². The summed E-state index contributed by atoms with van der Waals surface area (Å²) in [6, 6.07) is 0. The molecule has 1 heterocycles. The van der Waals surface area contributed by atoms with Crippen LogP contribution in [0.4, 0.5) is 0 Å². The van der Waals surface area contributed by atoms with E-state index < -0.39 is 78.4 Å². The van der Waals surface area contributed by atoms with E-state index in [0.717, 1.165) is 0 Å². The summed E-state index contributed by atoms with van der Waals surface area (Å²) in [6.45, 7) is -0.883. The molecule has 1 saturated heterocycles. The summed E-state index contributed by atoms with van der Waals surface area (Å²) in [7, 11) is -21.9. The van der Waals surface area contributed by atoms with E-state index in [1.807, 2.05) is 0 Å². The van der Waals surface area contributed by atoms with Crippen LogP contribution < -0.4 is 0 Å². The van der Waals surface area contributed by atoms with E-state index in [2.05, 4.69) is 16.7 Å².